The fraction of sp³-hybridized carbons (Fsp3) is 0.500. The van der Waals surface area contributed by atoms with Gasteiger partial charge in [-0.15, -0.1) is 0 Å². The summed E-state index contributed by atoms with van der Waals surface area (Å²) < 4.78 is 10.3. The molecule has 1 saturated carbocycles. The molecule has 0 radical (unpaired) electrons. The maximum atomic E-state index is 11.7. The Morgan fingerprint density at radius 1 is 1.52 bits per heavy atom. The second-order valence-corrected chi connectivity index (χ2v) is 5.03. The molecule has 1 aliphatic rings. The minimum atomic E-state index is -0.568. The molecule has 0 amide bonds. The lowest BCUT2D eigenvalue weighted by atomic mass is 10.2. The molecule has 0 aliphatic heterocycles. The van der Waals surface area contributed by atoms with E-state index in [0.29, 0.717) is 11.8 Å². The van der Waals surface area contributed by atoms with Gasteiger partial charge in [-0.25, -0.2) is 0 Å². The standard InChI is InChI=1S/C14H18N2O5/c1-9-3-6-11(16(18)19)7-13(9)21-8-12(14(17)20-2)15-10-4-5-10/h3,6-7,10,12,15H,4-5,8H2,1-2H3. The van der Waals surface area contributed by atoms with E-state index in [0.717, 1.165) is 18.4 Å². The summed E-state index contributed by atoms with van der Waals surface area (Å²) in [4.78, 5) is 22.0. The maximum Gasteiger partial charge on any atom is 0.326 e. The predicted octanol–water partition coefficient (Wildman–Crippen LogP) is 1.58. The zero-order valence-electron chi connectivity index (χ0n) is 12.0. The summed E-state index contributed by atoms with van der Waals surface area (Å²) in [5, 5.41) is 13.9. The minimum Gasteiger partial charge on any atom is -0.491 e. The van der Waals surface area contributed by atoms with E-state index in [-0.39, 0.29) is 12.3 Å². The number of rotatable bonds is 7. The number of methoxy groups -OCH3 is 1. The van der Waals surface area contributed by atoms with Crippen LogP contribution in [0.2, 0.25) is 0 Å². The third kappa shape index (κ3) is 4.16. The first-order valence-electron chi connectivity index (χ1n) is 6.73. The van der Waals surface area contributed by atoms with Gasteiger partial charge in [-0.1, -0.05) is 0 Å². The highest BCUT2D eigenvalue weighted by Gasteiger charge is 2.29. The highest BCUT2D eigenvalue weighted by molar-refractivity contribution is 5.76. The number of ether oxygens (including phenoxy) is 2. The van der Waals surface area contributed by atoms with Gasteiger partial charge in [0.2, 0.25) is 0 Å². The lowest BCUT2D eigenvalue weighted by Gasteiger charge is -2.17. The van der Waals surface area contributed by atoms with Crippen molar-refractivity contribution in [1.29, 1.82) is 0 Å². The molecular formula is C14H18N2O5. The normalized spacial score (nSPS) is 15.3. The van der Waals surface area contributed by atoms with Gasteiger partial charge < -0.3 is 9.47 Å². The summed E-state index contributed by atoms with van der Waals surface area (Å²) in [7, 11) is 1.32. The van der Waals surface area contributed by atoms with Crippen molar-refractivity contribution < 1.29 is 19.2 Å². The number of nitrogens with one attached hydrogen (secondary N) is 1. The minimum absolute atomic E-state index is 0.0413. The van der Waals surface area contributed by atoms with E-state index in [1.54, 1.807) is 13.0 Å². The summed E-state index contributed by atoms with van der Waals surface area (Å²) in [5.41, 5.74) is 0.732. The van der Waals surface area contributed by atoms with E-state index in [9.17, 15) is 14.9 Å². The van der Waals surface area contributed by atoms with Crippen molar-refractivity contribution in [2.24, 2.45) is 0 Å². The van der Waals surface area contributed by atoms with Crippen molar-refractivity contribution in [2.75, 3.05) is 13.7 Å². The Kier molecular flexibility index (Phi) is 4.74. The molecule has 1 atom stereocenters. The summed E-state index contributed by atoms with van der Waals surface area (Å²) in [6.45, 7) is 1.87. The van der Waals surface area contributed by atoms with Gasteiger partial charge in [-0.2, -0.15) is 0 Å². The van der Waals surface area contributed by atoms with Crippen LogP contribution in [-0.2, 0) is 9.53 Å². The van der Waals surface area contributed by atoms with Gasteiger partial charge in [0, 0.05) is 12.1 Å². The summed E-state index contributed by atoms with van der Waals surface area (Å²) in [5.74, 6) is 0.000633. The van der Waals surface area contributed by atoms with Crippen molar-refractivity contribution in [2.45, 2.75) is 31.8 Å². The predicted molar refractivity (Wildman–Crippen MR) is 75.3 cm³/mol. The Morgan fingerprint density at radius 3 is 2.81 bits per heavy atom. The van der Waals surface area contributed by atoms with Crippen LogP contribution in [0.1, 0.15) is 18.4 Å². The number of benzene rings is 1. The van der Waals surface area contributed by atoms with Gasteiger partial charge >= 0.3 is 5.97 Å². The van der Waals surface area contributed by atoms with Crippen LogP contribution in [0.4, 0.5) is 5.69 Å². The Bertz CT molecular complexity index is 542. The first-order chi connectivity index (χ1) is 10.0. The Labute approximate surface area is 122 Å². The SMILES string of the molecule is COC(=O)C(COc1cc([N+](=O)[O-])ccc1C)NC1CC1. The van der Waals surface area contributed by atoms with Crippen molar-refractivity contribution in [3.63, 3.8) is 0 Å². The largest absolute Gasteiger partial charge is 0.491 e. The molecule has 7 heteroatoms. The van der Waals surface area contributed by atoms with E-state index in [2.05, 4.69) is 5.32 Å². The first kappa shape index (κ1) is 15.2. The molecule has 1 N–H and O–H groups in total. The van der Waals surface area contributed by atoms with Gasteiger partial charge in [0.25, 0.3) is 5.69 Å². The molecule has 1 unspecified atom stereocenters. The molecule has 0 heterocycles. The van der Waals surface area contributed by atoms with Crippen LogP contribution in [-0.4, -0.2) is 36.7 Å². The van der Waals surface area contributed by atoms with E-state index >= 15 is 0 Å². The zero-order valence-corrected chi connectivity index (χ0v) is 12.0. The van der Waals surface area contributed by atoms with Gasteiger partial charge in [0.15, 0.2) is 0 Å². The van der Waals surface area contributed by atoms with Crippen LogP contribution in [0.15, 0.2) is 18.2 Å². The molecule has 1 aromatic rings. The molecule has 1 aliphatic carbocycles. The molecule has 114 valence electrons. The number of aryl methyl sites for hydroxylation is 1. The topological polar surface area (TPSA) is 90.7 Å². The summed E-state index contributed by atoms with van der Waals surface area (Å²) >= 11 is 0. The Hall–Kier alpha value is -2.15. The molecule has 1 fully saturated rings. The second kappa shape index (κ2) is 6.53. The van der Waals surface area contributed by atoms with Crippen molar-refractivity contribution in [1.82, 2.24) is 5.32 Å². The summed E-state index contributed by atoms with van der Waals surface area (Å²) in [6, 6.07) is 4.16. The molecule has 7 nitrogen and oxygen atoms in total. The fourth-order valence-electron chi connectivity index (χ4n) is 1.89. The van der Waals surface area contributed by atoms with Gasteiger partial charge in [0.05, 0.1) is 18.1 Å². The van der Waals surface area contributed by atoms with Crippen LogP contribution in [0.5, 0.6) is 5.75 Å². The molecular weight excluding hydrogens is 276 g/mol. The number of nitro benzene ring substituents is 1. The van der Waals surface area contributed by atoms with Gasteiger partial charge in [-0.05, 0) is 31.4 Å². The molecule has 1 aromatic carbocycles. The molecule has 0 bridgehead atoms. The first-order valence-corrected chi connectivity index (χ1v) is 6.73. The van der Waals surface area contributed by atoms with Gasteiger partial charge in [-0.3, -0.25) is 20.2 Å². The van der Waals surface area contributed by atoms with Crippen molar-refractivity contribution in [3.8, 4) is 5.75 Å². The third-order valence-corrected chi connectivity index (χ3v) is 3.29. The lowest BCUT2D eigenvalue weighted by molar-refractivity contribution is -0.384. The van der Waals surface area contributed by atoms with Crippen LogP contribution in [0.25, 0.3) is 0 Å². The van der Waals surface area contributed by atoms with Crippen LogP contribution in [0.3, 0.4) is 0 Å². The van der Waals surface area contributed by atoms with E-state index in [4.69, 9.17) is 9.47 Å². The van der Waals surface area contributed by atoms with Crippen molar-refractivity contribution >= 4 is 11.7 Å². The Balaban J connectivity index is 2.03. The van der Waals surface area contributed by atoms with Crippen LogP contribution < -0.4 is 10.1 Å². The smallest absolute Gasteiger partial charge is 0.326 e. The fourth-order valence-corrected chi connectivity index (χ4v) is 1.89. The number of nitro groups is 1. The van der Waals surface area contributed by atoms with Crippen LogP contribution in [0, 0.1) is 17.0 Å². The van der Waals surface area contributed by atoms with E-state index < -0.39 is 16.9 Å². The molecule has 0 aromatic heterocycles. The molecule has 0 saturated heterocycles. The van der Waals surface area contributed by atoms with Crippen molar-refractivity contribution in [3.05, 3.63) is 33.9 Å². The summed E-state index contributed by atoms with van der Waals surface area (Å²) in [6.07, 6.45) is 2.06. The molecule has 21 heavy (non-hydrogen) atoms. The maximum absolute atomic E-state index is 11.7. The van der Waals surface area contributed by atoms with E-state index in [1.165, 1.54) is 19.2 Å². The van der Waals surface area contributed by atoms with E-state index in [1.807, 2.05) is 0 Å². The Morgan fingerprint density at radius 2 is 2.24 bits per heavy atom. The van der Waals surface area contributed by atoms with Crippen LogP contribution >= 0.6 is 0 Å². The average molecular weight is 294 g/mol. The highest BCUT2D eigenvalue weighted by Crippen LogP contribution is 2.25. The zero-order chi connectivity index (χ0) is 15.4. The monoisotopic (exact) mass is 294 g/mol. The van der Waals surface area contributed by atoms with Gasteiger partial charge in [0.1, 0.15) is 18.4 Å². The molecule has 0 spiro atoms. The molecule has 2 rings (SSSR count). The lowest BCUT2D eigenvalue weighted by Crippen LogP contribution is -2.43. The second-order valence-electron chi connectivity index (χ2n) is 5.03. The highest BCUT2D eigenvalue weighted by atomic mass is 16.6. The number of hydrogen-bond donors (Lipinski definition) is 1. The number of non-ortho nitro benzene ring substituents is 1. The number of carbonyl (C=O) groups excluding carboxylic acids is 1. The number of nitrogens with zero attached hydrogens (tertiary/aromatic N) is 1. The quantitative estimate of drug-likeness (QED) is 0.466. The number of carbonyl (C=O) groups is 1. The number of esters is 1. The number of hydrogen-bond acceptors (Lipinski definition) is 6. The third-order valence-electron chi connectivity index (χ3n) is 3.29. The average Bonchev–Trinajstić information content (AvgIpc) is 3.27.